The van der Waals surface area contributed by atoms with Crippen LogP contribution in [0.2, 0.25) is 0 Å². The Balaban J connectivity index is 0.000000121. The second kappa shape index (κ2) is 27.2. The van der Waals surface area contributed by atoms with Crippen LogP contribution in [0.25, 0.3) is 83.9 Å². The Morgan fingerprint density at radius 1 is 0.263 bits per heavy atom. The Hall–Kier alpha value is -10.5. The lowest BCUT2D eigenvalue weighted by Crippen LogP contribution is -2.31. The molecule has 0 bridgehead atoms. The number of aryl methyl sites for hydroxylation is 20. The highest BCUT2D eigenvalue weighted by molar-refractivity contribution is 5.84. The molecule has 0 unspecified atom stereocenters. The fraction of sp³-hybridized carbons (Fsp3) is 0.235. The number of pyridine rings is 10. The highest BCUT2D eigenvalue weighted by Crippen LogP contribution is 2.34. The van der Waals surface area contributed by atoms with E-state index in [0.29, 0.717) is 0 Å². The van der Waals surface area contributed by atoms with Crippen LogP contribution < -0.4 is 22.8 Å². The third kappa shape index (κ3) is 13.3. The topological polar surface area (TPSA) is 41.5 Å². The van der Waals surface area contributed by atoms with Crippen molar-refractivity contribution in [2.75, 3.05) is 0 Å². The Morgan fingerprint density at radius 3 is 0.937 bits per heavy atom. The smallest absolute Gasteiger partial charge is 0.214 e. The molecule has 0 saturated carbocycles. The molecule has 480 valence electrons. The van der Waals surface area contributed by atoms with Crippen molar-refractivity contribution in [3.8, 4) is 56.3 Å². The van der Waals surface area contributed by atoms with Crippen molar-refractivity contribution >= 4 is 27.6 Å². The molecule has 0 aliphatic rings. The van der Waals surface area contributed by atoms with Gasteiger partial charge < -0.3 is 22.0 Å². The van der Waals surface area contributed by atoms with Gasteiger partial charge >= 0.3 is 0 Å². The van der Waals surface area contributed by atoms with Gasteiger partial charge in [0.25, 0.3) is 0 Å². The predicted molar refractivity (Wildman–Crippen MR) is 391 cm³/mol. The van der Waals surface area contributed by atoms with E-state index >= 15 is 0 Å². The Kier molecular flexibility index (Phi) is 18.9. The van der Waals surface area contributed by atoms with Crippen LogP contribution in [0.3, 0.4) is 0 Å². The van der Waals surface area contributed by atoms with Crippen LogP contribution in [0, 0.1) is 104 Å². The second-order valence-corrected chi connectivity index (χ2v) is 26.6. The van der Waals surface area contributed by atoms with Gasteiger partial charge in [0.2, 0.25) is 28.5 Å². The largest absolute Gasteiger partial charge is 0.323 e. The van der Waals surface area contributed by atoms with E-state index in [-0.39, 0.29) is 0 Å². The predicted octanol–water partition coefficient (Wildman–Crippen LogP) is 16.8. The summed E-state index contributed by atoms with van der Waals surface area (Å²) in [5.74, 6) is 0. The molecule has 15 heterocycles. The summed E-state index contributed by atoms with van der Waals surface area (Å²) >= 11 is 0. The Bertz CT molecular complexity index is 4930. The van der Waals surface area contributed by atoms with Crippen LogP contribution in [0.4, 0.5) is 0 Å². The van der Waals surface area contributed by atoms with Crippen molar-refractivity contribution in [1.82, 2.24) is 22.0 Å². The quantitative estimate of drug-likeness (QED) is 0.154. The second-order valence-electron chi connectivity index (χ2n) is 26.6. The molecule has 0 saturated heterocycles. The van der Waals surface area contributed by atoms with Gasteiger partial charge in [0.1, 0.15) is 35.2 Å². The van der Waals surface area contributed by atoms with Crippen molar-refractivity contribution in [2.45, 2.75) is 104 Å². The molecule has 0 fully saturated rings. The van der Waals surface area contributed by atoms with Crippen molar-refractivity contribution in [2.24, 2.45) is 35.2 Å². The fourth-order valence-corrected chi connectivity index (χ4v) is 13.9. The summed E-state index contributed by atoms with van der Waals surface area (Å²) in [4.78, 5) is 0. The molecule has 0 aromatic carbocycles. The number of hydrogen-bond acceptors (Lipinski definition) is 0. The number of fused-ring (bicyclic) bond motifs is 5. The van der Waals surface area contributed by atoms with Gasteiger partial charge in [-0.1, -0.05) is 0 Å². The van der Waals surface area contributed by atoms with Gasteiger partial charge in [-0.15, -0.1) is 0 Å². The first-order valence-electron chi connectivity index (χ1n) is 33.1. The molecular weight excluding hydrogens is 1160 g/mol. The standard InChI is InChI=1S/5C17H19N2/c2*1-12-5-8-18(4)15(11-12)16-13(2)6-9-19-10-7-14(3)17(16)19;2*1-12-7-9-18(4)16(10-12)17-13(2)11-19-8-5-6-15(19)14(17)3;1-12-7-9-18(4)16(10-12)17-13(2)11-15-6-5-8-19(15)14(17)3/h5*5-11H,1-4H3/q5*+1. The van der Waals surface area contributed by atoms with Gasteiger partial charge in [0.05, 0.1) is 38.9 Å². The first-order valence-corrected chi connectivity index (χ1v) is 33.1. The summed E-state index contributed by atoms with van der Waals surface area (Å²) in [6.07, 6.45) is 29.9. The van der Waals surface area contributed by atoms with E-state index in [2.05, 4.69) is 398 Å². The van der Waals surface area contributed by atoms with E-state index < -0.39 is 0 Å². The molecule has 95 heavy (non-hydrogen) atoms. The van der Waals surface area contributed by atoms with Gasteiger partial charge in [-0.2, -0.15) is 0 Å². The first kappa shape index (κ1) is 66.0. The number of aromatic nitrogens is 10. The van der Waals surface area contributed by atoms with Gasteiger partial charge in [0.15, 0.2) is 31.0 Å². The minimum Gasteiger partial charge on any atom is -0.323 e. The van der Waals surface area contributed by atoms with Crippen LogP contribution in [-0.4, -0.2) is 22.0 Å². The van der Waals surface area contributed by atoms with Gasteiger partial charge in [0, 0.05) is 139 Å². The average Bonchev–Trinajstić information content (AvgIpc) is 1.72. The zero-order chi connectivity index (χ0) is 67.8. The van der Waals surface area contributed by atoms with Crippen molar-refractivity contribution in [3.63, 3.8) is 0 Å². The summed E-state index contributed by atoms with van der Waals surface area (Å²) in [5, 5.41) is 0. The molecule has 15 aromatic heterocycles. The molecule has 15 rings (SSSR count). The fourth-order valence-electron chi connectivity index (χ4n) is 13.9. The van der Waals surface area contributed by atoms with Crippen LogP contribution in [0.5, 0.6) is 0 Å². The summed E-state index contributed by atoms with van der Waals surface area (Å²) in [5.41, 5.74) is 39.1. The molecule has 0 amide bonds. The lowest BCUT2D eigenvalue weighted by Gasteiger charge is -2.11. The Morgan fingerprint density at radius 2 is 0.579 bits per heavy atom. The van der Waals surface area contributed by atoms with E-state index in [1.165, 1.54) is 167 Å². The molecular formula is C85H95N10+5. The molecule has 0 aliphatic carbocycles. The highest BCUT2D eigenvalue weighted by atomic mass is 15.0. The number of rotatable bonds is 5. The average molecular weight is 1260 g/mol. The highest BCUT2D eigenvalue weighted by Gasteiger charge is 2.23. The molecule has 0 radical (unpaired) electrons. The molecule has 0 aliphatic heterocycles. The van der Waals surface area contributed by atoms with Gasteiger partial charge in [-0.3, -0.25) is 0 Å². The molecule has 10 heteroatoms. The molecule has 0 spiro atoms. The summed E-state index contributed by atoms with van der Waals surface area (Å²) < 4.78 is 22.0. The zero-order valence-electron chi connectivity index (χ0n) is 59.7. The summed E-state index contributed by atoms with van der Waals surface area (Å²) in [6, 6.07) is 45.8. The van der Waals surface area contributed by atoms with E-state index in [1.807, 2.05) is 0 Å². The molecule has 0 atom stereocenters. The van der Waals surface area contributed by atoms with Crippen molar-refractivity contribution in [3.05, 3.63) is 298 Å². The normalized spacial score (nSPS) is 11.2. The third-order valence-corrected chi connectivity index (χ3v) is 19.1. The molecule has 15 aromatic rings. The van der Waals surface area contributed by atoms with E-state index in [4.69, 9.17) is 0 Å². The maximum absolute atomic E-state index is 2.26. The minimum absolute atomic E-state index is 1.26. The lowest BCUT2D eigenvalue weighted by molar-refractivity contribution is -0.660. The lowest BCUT2D eigenvalue weighted by atomic mass is 9.99. The maximum atomic E-state index is 2.26. The number of hydrogen-bond donors (Lipinski definition) is 0. The zero-order valence-corrected chi connectivity index (χ0v) is 59.7. The van der Waals surface area contributed by atoms with Crippen molar-refractivity contribution < 1.29 is 22.8 Å². The van der Waals surface area contributed by atoms with E-state index in [0.717, 1.165) is 0 Å². The monoisotopic (exact) mass is 1260 g/mol. The minimum atomic E-state index is 1.26. The number of nitrogens with zero attached hydrogens (tertiary/aromatic N) is 10. The molecule has 0 N–H and O–H groups in total. The van der Waals surface area contributed by atoms with Gasteiger partial charge in [-0.05, 0) is 248 Å². The van der Waals surface area contributed by atoms with Crippen molar-refractivity contribution in [1.29, 1.82) is 0 Å². The van der Waals surface area contributed by atoms with E-state index in [9.17, 15) is 0 Å². The molecule has 10 nitrogen and oxygen atoms in total. The maximum Gasteiger partial charge on any atom is 0.214 e. The Labute approximate surface area is 562 Å². The van der Waals surface area contributed by atoms with Crippen LogP contribution in [0.15, 0.2) is 214 Å². The van der Waals surface area contributed by atoms with Gasteiger partial charge in [-0.25, -0.2) is 22.8 Å². The van der Waals surface area contributed by atoms with E-state index in [1.54, 1.807) is 0 Å². The summed E-state index contributed by atoms with van der Waals surface area (Å²) in [6.45, 7) is 32.6. The van der Waals surface area contributed by atoms with Crippen LogP contribution in [-0.2, 0) is 35.2 Å². The van der Waals surface area contributed by atoms with Crippen LogP contribution >= 0.6 is 0 Å². The SMILES string of the molecule is Cc1cc[n+](C)c(-c2c(C)cc3cccn3c2C)c1.Cc1cc[n+](C)c(-c2c(C)ccn3ccc(C)c23)c1.Cc1cc[n+](C)c(-c2c(C)ccn3ccc(C)c23)c1.Cc1cc[n+](C)c(-c2c(C)cn3cccc3c2C)c1.Cc1cc[n+](C)c(-c2c(C)cn3cccc3c2C)c1. The van der Waals surface area contributed by atoms with Crippen LogP contribution in [0.1, 0.15) is 83.6 Å². The first-order chi connectivity index (χ1) is 45.4. The summed E-state index contributed by atoms with van der Waals surface area (Å²) in [7, 11) is 10.5. The third-order valence-electron chi connectivity index (χ3n) is 19.1.